The molecule has 1 atom stereocenters. The number of ether oxygens (including phenoxy) is 3. The van der Waals surface area contributed by atoms with Crippen molar-refractivity contribution in [2.24, 2.45) is 0 Å². The second-order valence-electron chi connectivity index (χ2n) is 6.87. The van der Waals surface area contributed by atoms with Crippen LogP contribution in [0.3, 0.4) is 0 Å². The lowest BCUT2D eigenvalue weighted by Gasteiger charge is -2.16. The summed E-state index contributed by atoms with van der Waals surface area (Å²) in [6, 6.07) is 12.6. The Morgan fingerprint density at radius 2 is 1.75 bits per heavy atom. The molecule has 2 rings (SSSR count). The number of para-hydroxylation sites is 2. The highest BCUT2D eigenvalue weighted by Gasteiger charge is 2.10. The molecule has 0 amide bonds. The second kappa shape index (κ2) is 11.3. The number of phenols is 1. The highest BCUT2D eigenvalue weighted by molar-refractivity contribution is 5.89. The molecule has 0 heterocycles. The fourth-order valence-corrected chi connectivity index (χ4v) is 3.00. The molecular formula is C23H30O5. The van der Waals surface area contributed by atoms with Gasteiger partial charge >= 0.3 is 5.97 Å². The molecule has 152 valence electrons. The van der Waals surface area contributed by atoms with E-state index < -0.39 is 0 Å². The third kappa shape index (κ3) is 7.24. The van der Waals surface area contributed by atoms with Gasteiger partial charge in [-0.15, -0.1) is 0 Å². The van der Waals surface area contributed by atoms with Gasteiger partial charge in [-0.2, -0.15) is 0 Å². The number of aromatic hydroxyl groups is 1. The topological polar surface area (TPSA) is 65.0 Å². The number of aryl methyl sites for hydroxylation is 2. The first-order valence-corrected chi connectivity index (χ1v) is 9.77. The van der Waals surface area contributed by atoms with Crippen LogP contribution in [0.15, 0.2) is 42.5 Å². The Bertz CT molecular complexity index is 736. The normalized spacial score (nSPS) is 11.8. The summed E-state index contributed by atoms with van der Waals surface area (Å²) < 4.78 is 16.7. The molecule has 0 aliphatic heterocycles. The van der Waals surface area contributed by atoms with Gasteiger partial charge in [0, 0.05) is 0 Å². The van der Waals surface area contributed by atoms with E-state index in [9.17, 15) is 9.90 Å². The SMILES string of the molecule is CCC(CCCOC(=O)c1cc(C)cc(C)c1)OCCOc1ccccc1O. The van der Waals surface area contributed by atoms with E-state index in [4.69, 9.17) is 14.2 Å². The summed E-state index contributed by atoms with van der Waals surface area (Å²) in [6.45, 7) is 7.19. The molecule has 2 aromatic rings. The molecule has 1 unspecified atom stereocenters. The largest absolute Gasteiger partial charge is 0.504 e. The summed E-state index contributed by atoms with van der Waals surface area (Å²) in [6.07, 6.45) is 2.53. The Morgan fingerprint density at radius 3 is 2.43 bits per heavy atom. The third-order valence-corrected chi connectivity index (χ3v) is 4.38. The minimum absolute atomic E-state index is 0.0906. The van der Waals surface area contributed by atoms with Gasteiger partial charge < -0.3 is 19.3 Å². The van der Waals surface area contributed by atoms with E-state index in [0.717, 1.165) is 30.4 Å². The lowest BCUT2D eigenvalue weighted by molar-refractivity contribution is 0.0189. The summed E-state index contributed by atoms with van der Waals surface area (Å²) in [5.74, 6) is 0.300. The molecule has 0 radical (unpaired) electrons. The standard InChI is InChI=1S/C23H30O5/c1-4-20(26-12-13-27-22-10-6-5-9-21(22)24)8-7-11-28-23(25)19-15-17(2)14-18(3)16-19/h5-6,9-10,14-16,20,24H,4,7-8,11-13H2,1-3H3. The third-order valence-electron chi connectivity index (χ3n) is 4.38. The molecule has 0 saturated heterocycles. The predicted molar refractivity (Wildman–Crippen MR) is 109 cm³/mol. The van der Waals surface area contributed by atoms with Crippen molar-refractivity contribution in [3.05, 3.63) is 59.2 Å². The number of carbonyl (C=O) groups excluding carboxylic acids is 1. The minimum Gasteiger partial charge on any atom is -0.504 e. The maximum Gasteiger partial charge on any atom is 0.338 e. The minimum atomic E-state index is -0.281. The van der Waals surface area contributed by atoms with Crippen LogP contribution in [0.1, 0.15) is 47.7 Å². The summed E-state index contributed by atoms with van der Waals surface area (Å²) >= 11 is 0. The van der Waals surface area contributed by atoms with Crippen molar-refractivity contribution in [3.63, 3.8) is 0 Å². The number of esters is 1. The Hall–Kier alpha value is -2.53. The van der Waals surface area contributed by atoms with Crippen LogP contribution in [0.25, 0.3) is 0 Å². The van der Waals surface area contributed by atoms with Gasteiger partial charge in [0.05, 0.1) is 24.9 Å². The van der Waals surface area contributed by atoms with E-state index in [0.29, 0.717) is 31.1 Å². The van der Waals surface area contributed by atoms with E-state index >= 15 is 0 Å². The average molecular weight is 386 g/mol. The van der Waals surface area contributed by atoms with Gasteiger partial charge in [0.2, 0.25) is 0 Å². The highest BCUT2D eigenvalue weighted by atomic mass is 16.5. The number of phenolic OH excluding ortho intramolecular Hbond substituents is 1. The molecule has 1 N–H and O–H groups in total. The summed E-state index contributed by atoms with van der Waals surface area (Å²) in [5, 5.41) is 9.66. The molecule has 0 spiro atoms. The second-order valence-corrected chi connectivity index (χ2v) is 6.87. The first-order valence-electron chi connectivity index (χ1n) is 9.77. The number of carbonyl (C=O) groups is 1. The van der Waals surface area contributed by atoms with E-state index in [1.54, 1.807) is 18.2 Å². The van der Waals surface area contributed by atoms with E-state index in [-0.39, 0.29) is 17.8 Å². The molecule has 5 heteroatoms. The predicted octanol–water partition coefficient (Wildman–Crippen LogP) is 4.82. The van der Waals surface area contributed by atoms with Crippen LogP contribution in [0, 0.1) is 13.8 Å². The first kappa shape index (κ1) is 21.8. The fraction of sp³-hybridized carbons (Fsp3) is 0.435. The number of rotatable bonds is 11. The number of hydrogen-bond acceptors (Lipinski definition) is 5. The zero-order valence-electron chi connectivity index (χ0n) is 16.9. The Balaban J connectivity index is 1.63. The zero-order valence-corrected chi connectivity index (χ0v) is 16.9. The Kier molecular flexibility index (Phi) is 8.82. The smallest absolute Gasteiger partial charge is 0.338 e. The summed E-state index contributed by atoms with van der Waals surface area (Å²) in [7, 11) is 0. The van der Waals surface area contributed by atoms with E-state index in [1.165, 1.54) is 0 Å². The van der Waals surface area contributed by atoms with Crippen molar-refractivity contribution in [3.8, 4) is 11.5 Å². The zero-order chi connectivity index (χ0) is 20.4. The summed E-state index contributed by atoms with van der Waals surface area (Å²) in [5.41, 5.74) is 2.71. The van der Waals surface area contributed by atoms with Crippen LogP contribution in [0.5, 0.6) is 11.5 Å². The molecule has 5 nitrogen and oxygen atoms in total. The van der Waals surface area contributed by atoms with Gasteiger partial charge in [-0.25, -0.2) is 4.79 Å². The van der Waals surface area contributed by atoms with Crippen LogP contribution in [-0.4, -0.2) is 37.0 Å². The molecule has 0 bridgehead atoms. The maximum absolute atomic E-state index is 12.1. The average Bonchev–Trinajstić information content (AvgIpc) is 2.67. The van der Waals surface area contributed by atoms with Crippen molar-refractivity contribution >= 4 is 5.97 Å². The Labute approximate surface area is 167 Å². The molecule has 0 aromatic heterocycles. The van der Waals surface area contributed by atoms with Crippen molar-refractivity contribution < 1.29 is 24.1 Å². The molecule has 2 aromatic carbocycles. The molecule has 0 fully saturated rings. The van der Waals surface area contributed by atoms with E-state index in [2.05, 4.69) is 6.92 Å². The van der Waals surface area contributed by atoms with Crippen molar-refractivity contribution in [2.75, 3.05) is 19.8 Å². The van der Waals surface area contributed by atoms with Crippen molar-refractivity contribution in [1.82, 2.24) is 0 Å². The van der Waals surface area contributed by atoms with Crippen LogP contribution >= 0.6 is 0 Å². The van der Waals surface area contributed by atoms with Gasteiger partial charge in [0.1, 0.15) is 6.61 Å². The van der Waals surface area contributed by atoms with Gasteiger partial charge in [-0.1, -0.05) is 36.2 Å². The molecule has 0 aliphatic rings. The Morgan fingerprint density at radius 1 is 1.04 bits per heavy atom. The monoisotopic (exact) mass is 386 g/mol. The maximum atomic E-state index is 12.1. The van der Waals surface area contributed by atoms with Crippen LogP contribution < -0.4 is 4.74 Å². The van der Waals surface area contributed by atoms with Crippen molar-refractivity contribution in [2.45, 2.75) is 46.1 Å². The number of benzene rings is 2. The summed E-state index contributed by atoms with van der Waals surface area (Å²) in [4.78, 5) is 12.1. The molecular weight excluding hydrogens is 356 g/mol. The molecule has 28 heavy (non-hydrogen) atoms. The molecule has 0 aliphatic carbocycles. The first-order chi connectivity index (χ1) is 13.5. The van der Waals surface area contributed by atoms with Crippen LogP contribution in [0.2, 0.25) is 0 Å². The van der Waals surface area contributed by atoms with Crippen LogP contribution in [0.4, 0.5) is 0 Å². The lowest BCUT2D eigenvalue weighted by atomic mass is 10.1. The van der Waals surface area contributed by atoms with Gasteiger partial charge in [-0.3, -0.25) is 0 Å². The van der Waals surface area contributed by atoms with Gasteiger partial charge in [0.15, 0.2) is 11.5 Å². The number of hydrogen-bond donors (Lipinski definition) is 1. The van der Waals surface area contributed by atoms with Gasteiger partial charge in [-0.05, 0) is 57.4 Å². The van der Waals surface area contributed by atoms with Crippen LogP contribution in [-0.2, 0) is 9.47 Å². The molecule has 0 saturated carbocycles. The highest BCUT2D eigenvalue weighted by Crippen LogP contribution is 2.24. The van der Waals surface area contributed by atoms with E-state index in [1.807, 2.05) is 38.1 Å². The van der Waals surface area contributed by atoms with Crippen molar-refractivity contribution in [1.29, 1.82) is 0 Å². The fourth-order valence-electron chi connectivity index (χ4n) is 3.00. The van der Waals surface area contributed by atoms with Gasteiger partial charge in [0.25, 0.3) is 0 Å². The lowest BCUT2D eigenvalue weighted by Crippen LogP contribution is -2.17. The quantitative estimate of drug-likeness (QED) is 0.443.